The van der Waals surface area contributed by atoms with Gasteiger partial charge in [0.2, 0.25) is 0 Å². The Morgan fingerprint density at radius 2 is 2.10 bits per heavy atom. The number of nitrogens with one attached hydrogen (secondary N) is 2. The highest BCUT2D eigenvalue weighted by atomic mass is 16.6. The predicted octanol–water partition coefficient (Wildman–Crippen LogP) is 3.10. The zero-order chi connectivity index (χ0) is 22.1. The van der Waals surface area contributed by atoms with Crippen molar-refractivity contribution in [3.8, 4) is 0 Å². The van der Waals surface area contributed by atoms with E-state index in [0.29, 0.717) is 13.1 Å². The van der Waals surface area contributed by atoms with Crippen LogP contribution in [0.5, 0.6) is 0 Å². The minimum Gasteiger partial charge on any atom is -0.376 e. The number of benzene rings is 1. The largest absolute Gasteiger partial charge is 0.376 e. The number of aliphatic imine (C=N–C) groups is 1. The summed E-state index contributed by atoms with van der Waals surface area (Å²) in [6.45, 7) is 7.64. The molecule has 1 aromatic carbocycles. The molecule has 2 N–H and O–H groups in total. The highest BCUT2D eigenvalue weighted by molar-refractivity contribution is 5.79. The normalized spacial score (nSPS) is 16.8. The number of nitrogens with zero attached hydrogens (tertiary/aromatic N) is 4. The summed E-state index contributed by atoms with van der Waals surface area (Å²) in [5, 5.41) is 22.1. The molecular weight excluding hydrogens is 396 g/mol. The van der Waals surface area contributed by atoms with Crippen molar-refractivity contribution in [2.75, 3.05) is 19.7 Å². The van der Waals surface area contributed by atoms with Crippen molar-refractivity contribution in [3.05, 3.63) is 57.4 Å². The van der Waals surface area contributed by atoms with Gasteiger partial charge in [-0.2, -0.15) is 5.10 Å². The number of hydrogen-bond acceptors (Lipinski definition) is 5. The van der Waals surface area contributed by atoms with Crippen molar-refractivity contribution >= 4 is 11.6 Å². The summed E-state index contributed by atoms with van der Waals surface area (Å²) >= 11 is 0. The van der Waals surface area contributed by atoms with Gasteiger partial charge >= 0.3 is 0 Å². The van der Waals surface area contributed by atoms with Gasteiger partial charge in [0.1, 0.15) is 0 Å². The predicted molar refractivity (Wildman–Crippen MR) is 120 cm³/mol. The second-order valence-corrected chi connectivity index (χ2v) is 7.89. The first kappa shape index (κ1) is 22.7. The third kappa shape index (κ3) is 7.36. The number of nitro groups is 1. The van der Waals surface area contributed by atoms with E-state index in [0.717, 1.165) is 61.9 Å². The molecule has 0 saturated carbocycles. The Morgan fingerprint density at radius 1 is 1.29 bits per heavy atom. The Hall–Kier alpha value is -2.94. The number of hydrogen-bond donors (Lipinski definition) is 2. The van der Waals surface area contributed by atoms with Crippen molar-refractivity contribution in [2.45, 2.75) is 58.7 Å². The lowest BCUT2D eigenvalue weighted by molar-refractivity contribution is -0.384. The second kappa shape index (κ2) is 11.5. The van der Waals surface area contributed by atoms with Crippen LogP contribution < -0.4 is 10.6 Å². The molecule has 31 heavy (non-hydrogen) atoms. The summed E-state index contributed by atoms with van der Waals surface area (Å²) in [5.74, 6) is 0.723. The van der Waals surface area contributed by atoms with Crippen LogP contribution in [-0.4, -0.2) is 46.5 Å². The van der Waals surface area contributed by atoms with E-state index in [1.54, 1.807) is 12.1 Å². The maximum absolute atomic E-state index is 10.8. The molecule has 1 atom stereocenters. The van der Waals surface area contributed by atoms with Crippen LogP contribution in [0.4, 0.5) is 5.69 Å². The van der Waals surface area contributed by atoms with E-state index in [4.69, 9.17) is 4.74 Å². The van der Waals surface area contributed by atoms with Gasteiger partial charge in [-0.05, 0) is 51.2 Å². The summed E-state index contributed by atoms with van der Waals surface area (Å²) < 4.78 is 7.83. The molecule has 0 spiro atoms. The van der Waals surface area contributed by atoms with E-state index in [-0.39, 0.29) is 11.8 Å². The lowest BCUT2D eigenvalue weighted by Gasteiger charge is -2.24. The standard InChI is InChI=1S/C22H32N6O3/c1-17-14-18(2)27(26-17)12-5-11-23-22(25-16-21-6-3-4-13-31-21)24-15-19-7-9-20(10-8-19)28(29)30/h7-10,14,21H,3-6,11-13,15-16H2,1-2H3,(H2,23,24,25). The molecule has 1 unspecified atom stereocenters. The molecule has 1 fully saturated rings. The number of ether oxygens (including phenoxy) is 1. The van der Waals surface area contributed by atoms with Crippen LogP contribution in [0, 0.1) is 24.0 Å². The molecule has 0 aliphatic carbocycles. The van der Waals surface area contributed by atoms with Crippen molar-refractivity contribution < 1.29 is 9.66 Å². The molecule has 0 radical (unpaired) electrons. The molecule has 1 aliphatic heterocycles. The molecule has 3 rings (SSSR count). The second-order valence-electron chi connectivity index (χ2n) is 7.89. The maximum atomic E-state index is 10.8. The molecule has 168 valence electrons. The fourth-order valence-electron chi connectivity index (χ4n) is 3.58. The summed E-state index contributed by atoms with van der Waals surface area (Å²) in [6, 6.07) is 8.58. The Balaban J connectivity index is 1.54. The third-order valence-corrected chi connectivity index (χ3v) is 5.28. The molecule has 0 bridgehead atoms. The fourth-order valence-corrected chi connectivity index (χ4v) is 3.58. The van der Waals surface area contributed by atoms with E-state index in [9.17, 15) is 10.1 Å². The summed E-state index contributed by atoms with van der Waals surface area (Å²) in [4.78, 5) is 15.1. The van der Waals surface area contributed by atoms with Crippen molar-refractivity contribution in [1.82, 2.24) is 20.4 Å². The first-order valence-electron chi connectivity index (χ1n) is 10.9. The molecule has 1 aromatic heterocycles. The van der Waals surface area contributed by atoms with Crippen LogP contribution >= 0.6 is 0 Å². The monoisotopic (exact) mass is 428 g/mol. The molecule has 1 saturated heterocycles. The van der Waals surface area contributed by atoms with Crippen LogP contribution in [0.25, 0.3) is 0 Å². The number of rotatable bonds is 9. The average molecular weight is 429 g/mol. The van der Waals surface area contributed by atoms with Crippen molar-refractivity contribution in [3.63, 3.8) is 0 Å². The highest BCUT2D eigenvalue weighted by Crippen LogP contribution is 2.13. The lowest BCUT2D eigenvalue weighted by Crippen LogP contribution is -2.43. The number of guanidine groups is 1. The van der Waals surface area contributed by atoms with Crippen LogP contribution in [0.3, 0.4) is 0 Å². The summed E-state index contributed by atoms with van der Waals surface area (Å²) in [7, 11) is 0. The van der Waals surface area contributed by atoms with Gasteiger partial charge < -0.3 is 15.4 Å². The van der Waals surface area contributed by atoms with E-state index >= 15 is 0 Å². The van der Waals surface area contributed by atoms with E-state index in [1.165, 1.54) is 18.6 Å². The van der Waals surface area contributed by atoms with Gasteiger partial charge in [0.25, 0.3) is 5.69 Å². The van der Waals surface area contributed by atoms with Crippen LogP contribution in [0.15, 0.2) is 35.3 Å². The van der Waals surface area contributed by atoms with Gasteiger partial charge in [0.15, 0.2) is 5.96 Å². The Morgan fingerprint density at radius 3 is 2.74 bits per heavy atom. The molecule has 1 aliphatic rings. The van der Waals surface area contributed by atoms with E-state index in [2.05, 4.69) is 33.7 Å². The van der Waals surface area contributed by atoms with Gasteiger partial charge in [-0.25, -0.2) is 4.99 Å². The number of nitro benzene ring substituents is 1. The molecule has 2 aromatic rings. The van der Waals surface area contributed by atoms with Gasteiger partial charge in [0.05, 0.1) is 23.3 Å². The maximum Gasteiger partial charge on any atom is 0.269 e. The SMILES string of the molecule is Cc1cc(C)n(CCCNC(=NCc2ccc([N+](=O)[O-])cc2)NCC2CCCCO2)n1. The van der Waals surface area contributed by atoms with E-state index < -0.39 is 4.92 Å². The topological polar surface area (TPSA) is 107 Å². The van der Waals surface area contributed by atoms with Gasteiger partial charge in [0, 0.05) is 44.1 Å². The zero-order valence-corrected chi connectivity index (χ0v) is 18.3. The number of non-ortho nitro benzene ring substituents is 1. The Labute approximate surface area is 183 Å². The number of aromatic nitrogens is 2. The first-order chi connectivity index (χ1) is 15.0. The van der Waals surface area contributed by atoms with E-state index in [1.807, 2.05) is 11.6 Å². The minimum atomic E-state index is -0.394. The van der Waals surface area contributed by atoms with Crippen LogP contribution in [-0.2, 0) is 17.8 Å². The highest BCUT2D eigenvalue weighted by Gasteiger charge is 2.14. The van der Waals surface area contributed by atoms with Crippen LogP contribution in [0.2, 0.25) is 0 Å². The molecule has 0 amide bonds. The zero-order valence-electron chi connectivity index (χ0n) is 18.3. The number of aryl methyl sites for hydroxylation is 3. The Kier molecular flexibility index (Phi) is 8.40. The Bertz CT molecular complexity index is 872. The summed E-state index contributed by atoms with van der Waals surface area (Å²) in [5.41, 5.74) is 3.20. The lowest BCUT2D eigenvalue weighted by atomic mass is 10.1. The molecular formula is C22H32N6O3. The summed E-state index contributed by atoms with van der Waals surface area (Å²) in [6.07, 6.45) is 4.50. The molecule has 9 heteroatoms. The van der Waals surface area contributed by atoms with Crippen molar-refractivity contribution in [1.29, 1.82) is 0 Å². The first-order valence-corrected chi connectivity index (χ1v) is 10.9. The van der Waals surface area contributed by atoms with Crippen molar-refractivity contribution in [2.24, 2.45) is 4.99 Å². The smallest absolute Gasteiger partial charge is 0.269 e. The van der Waals surface area contributed by atoms with Gasteiger partial charge in [-0.1, -0.05) is 12.1 Å². The molecule has 2 heterocycles. The van der Waals surface area contributed by atoms with Crippen LogP contribution in [0.1, 0.15) is 42.6 Å². The molecule has 9 nitrogen and oxygen atoms in total. The fraction of sp³-hybridized carbons (Fsp3) is 0.545. The quantitative estimate of drug-likeness (QED) is 0.209. The third-order valence-electron chi connectivity index (χ3n) is 5.28. The average Bonchev–Trinajstić information content (AvgIpc) is 3.10. The van der Waals surface area contributed by atoms with Gasteiger partial charge in [-0.15, -0.1) is 0 Å². The minimum absolute atomic E-state index is 0.0859. The van der Waals surface area contributed by atoms with Gasteiger partial charge in [-0.3, -0.25) is 14.8 Å².